The van der Waals surface area contributed by atoms with Crippen LogP contribution in [0.15, 0.2) is 48.7 Å². The zero-order valence-electron chi connectivity index (χ0n) is 13.5. The maximum atomic E-state index is 12.3. The van der Waals surface area contributed by atoms with Crippen LogP contribution >= 0.6 is 0 Å². The van der Waals surface area contributed by atoms with Crippen molar-refractivity contribution in [2.45, 2.75) is 12.8 Å². The van der Waals surface area contributed by atoms with Crippen LogP contribution in [0.1, 0.15) is 11.1 Å². The van der Waals surface area contributed by atoms with Crippen LogP contribution in [0.5, 0.6) is 5.75 Å². The van der Waals surface area contributed by atoms with Gasteiger partial charge in [-0.25, -0.2) is 0 Å². The Morgan fingerprint density at radius 1 is 1.21 bits per heavy atom. The number of aliphatic hydroxyl groups excluding tert-OH is 1. The lowest BCUT2D eigenvalue weighted by Gasteiger charge is -2.06. The normalized spacial score (nSPS) is 10.8. The molecule has 0 atom stereocenters. The quantitative estimate of drug-likeness (QED) is 0.653. The van der Waals surface area contributed by atoms with Crippen molar-refractivity contribution in [3.8, 4) is 5.75 Å². The largest absolute Gasteiger partial charge is 0.497 e. The third-order valence-corrected chi connectivity index (χ3v) is 3.96. The van der Waals surface area contributed by atoms with Crippen molar-refractivity contribution in [2.75, 3.05) is 19.0 Å². The molecule has 5 heteroatoms. The Morgan fingerprint density at radius 2 is 2.00 bits per heavy atom. The van der Waals surface area contributed by atoms with Crippen LogP contribution in [-0.2, 0) is 17.6 Å². The fourth-order valence-electron chi connectivity index (χ4n) is 2.69. The van der Waals surface area contributed by atoms with Gasteiger partial charge in [0.05, 0.1) is 13.5 Å². The standard InChI is InChI=1S/C19H20N2O3/c1-24-16-6-7-18-17(11-16)14(12-20-18)10-19(23)21-15-4-2-13(3-5-15)8-9-22/h2-7,11-12,20,22H,8-10H2,1H3,(H,21,23). The summed E-state index contributed by atoms with van der Waals surface area (Å²) in [6.45, 7) is 0.121. The van der Waals surface area contributed by atoms with Crippen molar-refractivity contribution in [1.29, 1.82) is 0 Å². The number of carbonyl (C=O) groups excluding carboxylic acids is 1. The smallest absolute Gasteiger partial charge is 0.228 e. The maximum Gasteiger partial charge on any atom is 0.228 e. The molecular weight excluding hydrogens is 304 g/mol. The van der Waals surface area contributed by atoms with Gasteiger partial charge in [0, 0.05) is 29.4 Å². The number of ether oxygens (including phenoxy) is 1. The van der Waals surface area contributed by atoms with Gasteiger partial charge < -0.3 is 20.1 Å². The fraction of sp³-hybridized carbons (Fsp3) is 0.211. The van der Waals surface area contributed by atoms with Crippen molar-refractivity contribution < 1.29 is 14.6 Å². The third kappa shape index (κ3) is 3.58. The molecule has 1 amide bonds. The van der Waals surface area contributed by atoms with Gasteiger partial charge in [-0.05, 0) is 47.9 Å². The number of aliphatic hydroxyl groups is 1. The molecule has 3 N–H and O–H groups in total. The van der Waals surface area contributed by atoms with Gasteiger partial charge in [0.15, 0.2) is 0 Å². The SMILES string of the molecule is COc1ccc2[nH]cc(CC(=O)Nc3ccc(CCO)cc3)c2c1. The molecule has 0 saturated carbocycles. The zero-order valence-corrected chi connectivity index (χ0v) is 13.5. The summed E-state index contributed by atoms with van der Waals surface area (Å²) >= 11 is 0. The van der Waals surface area contributed by atoms with Crippen LogP contribution in [0.4, 0.5) is 5.69 Å². The lowest BCUT2D eigenvalue weighted by Crippen LogP contribution is -2.14. The molecule has 0 radical (unpaired) electrons. The Morgan fingerprint density at radius 3 is 2.71 bits per heavy atom. The molecule has 0 bridgehead atoms. The van der Waals surface area contributed by atoms with Gasteiger partial charge in [-0.1, -0.05) is 12.1 Å². The minimum Gasteiger partial charge on any atom is -0.497 e. The number of hydrogen-bond donors (Lipinski definition) is 3. The molecule has 0 fully saturated rings. The van der Waals surface area contributed by atoms with E-state index < -0.39 is 0 Å². The number of hydrogen-bond acceptors (Lipinski definition) is 3. The summed E-state index contributed by atoms with van der Waals surface area (Å²) < 4.78 is 5.25. The van der Waals surface area contributed by atoms with Gasteiger partial charge in [-0.2, -0.15) is 0 Å². The van der Waals surface area contributed by atoms with Gasteiger partial charge in [0.1, 0.15) is 5.75 Å². The number of methoxy groups -OCH3 is 1. The molecule has 124 valence electrons. The minimum atomic E-state index is -0.0753. The molecule has 0 aliphatic heterocycles. The van der Waals surface area contributed by atoms with E-state index in [4.69, 9.17) is 9.84 Å². The van der Waals surface area contributed by atoms with E-state index in [0.717, 1.165) is 33.5 Å². The first-order valence-electron chi connectivity index (χ1n) is 7.83. The highest BCUT2D eigenvalue weighted by atomic mass is 16.5. The number of amides is 1. The van der Waals surface area contributed by atoms with Gasteiger partial charge >= 0.3 is 0 Å². The highest BCUT2D eigenvalue weighted by Crippen LogP contribution is 2.24. The third-order valence-electron chi connectivity index (χ3n) is 3.96. The summed E-state index contributed by atoms with van der Waals surface area (Å²) in [5.41, 5.74) is 3.70. The average Bonchev–Trinajstić information content (AvgIpc) is 2.99. The van der Waals surface area contributed by atoms with E-state index in [-0.39, 0.29) is 18.9 Å². The molecule has 1 aromatic heterocycles. The Bertz CT molecular complexity index is 837. The van der Waals surface area contributed by atoms with Crippen LogP contribution in [0.25, 0.3) is 10.9 Å². The second-order valence-electron chi connectivity index (χ2n) is 5.62. The predicted molar refractivity (Wildman–Crippen MR) is 94.4 cm³/mol. The highest BCUT2D eigenvalue weighted by molar-refractivity contribution is 5.96. The molecule has 0 unspecified atom stereocenters. The monoisotopic (exact) mass is 324 g/mol. The average molecular weight is 324 g/mol. The summed E-state index contributed by atoms with van der Waals surface area (Å²) in [6, 6.07) is 13.3. The van der Waals surface area contributed by atoms with Crippen LogP contribution in [0.2, 0.25) is 0 Å². The summed E-state index contributed by atoms with van der Waals surface area (Å²) in [6.07, 6.45) is 2.75. The molecule has 5 nitrogen and oxygen atoms in total. The Hall–Kier alpha value is -2.79. The molecule has 24 heavy (non-hydrogen) atoms. The van der Waals surface area contributed by atoms with Gasteiger partial charge in [0.25, 0.3) is 0 Å². The number of aromatic nitrogens is 1. The van der Waals surface area contributed by atoms with Crippen molar-refractivity contribution in [1.82, 2.24) is 4.98 Å². The van der Waals surface area contributed by atoms with Crippen molar-refractivity contribution in [3.63, 3.8) is 0 Å². The molecule has 0 saturated heterocycles. The summed E-state index contributed by atoms with van der Waals surface area (Å²) in [4.78, 5) is 15.5. The van der Waals surface area contributed by atoms with Crippen molar-refractivity contribution in [2.24, 2.45) is 0 Å². The molecule has 0 aliphatic carbocycles. The van der Waals surface area contributed by atoms with Gasteiger partial charge in [0.2, 0.25) is 5.91 Å². The molecule has 0 aliphatic rings. The molecule has 1 heterocycles. The number of fused-ring (bicyclic) bond motifs is 1. The highest BCUT2D eigenvalue weighted by Gasteiger charge is 2.10. The second kappa shape index (κ2) is 7.19. The molecule has 0 spiro atoms. The van der Waals surface area contributed by atoms with E-state index in [2.05, 4.69) is 10.3 Å². The second-order valence-corrected chi connectivity index (χ2v) is 5.62. The van der Waals surface area contributed by atoms with Crippen LogP contribution in [-0.4, -0.2) is 29.7 Å². The number of anilines is 1. The number of carbonyl (C=O) groups is 1. The number of benzene rings is 2. The van der Waals surface area contributed by atoms with Gasteiger partial charge in [-0.3, -0.25) is 4.79 Å². The number of nitrogens with one attached hydrogen (secondary N) is 2. The Labute approximate surface area is 140 Å². The first kappa shape index (κ1) is 16.1. The maximum absolute atomic E-state index is 12.3. The molecule has 3 aromatic rings. The topological polar surface area (TPSA) is 74.4 Å². The van der Waals surface area contributed by atoms with Gasteiger partial charge in [-0.15, -0.1) is 0 Å². The summed E-state index contributed by atoms with van der Waals surface area (Å²) in [5, 5.41) is 12.8. The van der Waals surface area contributed by atoms with E-state index in [1.54, 1.807) is 7.11 Å². The lowest BCUT2D eigenvalue weighted by molar-refractivity contribution is -0.115. The first-order valence-corrected chi connectivity index (χ1v) is 7.83. The van der Waals surface area contributed by atoms with Crippen molar-refractivity contribution >= 4 is 22.5 Å². The minimum absolute atomic E-state index is 0.0753. The lowest BCUT2D eigenvalue weighted by atomic mass is 10.1. The number of rotatable bonds is 6. The van der Waals surface area contributed by atoms with Crippen molar-refractivity contribution in [3.05, 3.63) is 59.8 Å². The van der Waals surface area contributed by atoms with E-state index in [0.29, 0.717) is 6.42 Å². The van der Waals surface area contributed by atoms with E-state index in [1.165, 1.54) is 0 Å². The van der Waals surface area contributed by atoms with E-state index in [1.807, 2.05) is 48.7 Å². The van der Waals surface area contributed by atoms with Crippen LogP contribution in [0, 0.1) is 0 Å². The van der Waals surface area contributed by atoms with E-state index in [9.17, 15) is 4.79 Å². The summed E-state index contributed by atoms with van der Waals surface area (Å²) in [7, 11) is 1.63. The molecule has 3 rings (SSSR count). The summed E-state index contributed by atoms with van der Waals surface area (Å²) in [5.74, 6) is 0.692. The van der Waals surface area contributed by atoms with Crippen LogP contribution < -0.4 is 10.1 Å². The number of aromatic amines is 1. The van der Waals surface area contributed by atoms with E-state index >= 15 is 0 Å². The molecule has 2 aromatic carbocycles. The first-order chi connectivity index (χ1) is 11.7. The number of H-pyrrole nitrogens is 1. The Balaban J connectivity index is 1.70. The predicted octanol–water partition coefficient (Wildman–Crippen LogP) is 2.89. The molecular formula is C19H20N2O3. The Kier molecular flexibility index (Phi) is 4.82. The van der Waals surface area contributed by atoms with Crippen LogP contribution in [0.3, 0.4) is 0 Å². The fourth-order valence-corrected chi connectivity index (χ4v) is 2.69. The zero-order chi connectivity index (χ0) is 16.9.